The number of benzene rings is 2. The minimum atomic E-state index is 0.0828. The monoisotopic (exact) mass is 325 g/mol. The molecule has 1 heterocycles. The van der Waals surface area contributed by atoms with Crippen molar-refractivity contribution in [2.45, 2.75) is 13.0 Å². The molecule has 1 atom stereocenters. The van der Waals surface area contributed by atoms with Gasteiger partial charge in [0, 0.05) is 10.7 Å². The van der Waals surface area contributed by atoms with Crippen LogP contribution in [-0.2, 0) is 0 Å². The summed E-state index contributed by atoms with van der Waals surface area (Å²) in [6, 6.07) is 17.6. The molecule has 0 aliphatic heterocycles. The molecule has 3 aromatic rings. The first-order valence-corrected chi connectivity index (χ1v) is 7.62. The summed E-state index contributed by atoms with van der Waals surface area (Å²) in [6.45, 7) is 2.05. The zero-order valence-electron chi connectivity index (χ0n) is 12.6. The molecule has 0 aliphatic rings. The Labute approximate surface area is 139 Å². The molecular formula is C17H16ClN5. The fourth-order valence-electron chi connectivity index (χ4n) is 2.16. The SMILES string of the molecule is CC(Nc1nncc(Nc2cccc(Cl)c2)n1)c1ccccc1. The number of anilines is 3. The molecule has 0 aliphatic carbocycles. The first kappa shape index (κ1) is 15.2. The van der Waals surface area contributed by atoms with E-state index in [-0.39, 0.29) is 6.04 Å². The van der Waals surface area contributed by atoms with Crippen LogP contribution in [0.3, 0.4) is 0 Å². The van der Waals surface area contributed by atoms with Gasteiger partial charge in [-0.1, -0.05) is 48.0 Å². The zero-order valence-corrected chi connectivity index (χ0v) is 13.3. The molecule has 0 amide bonds. The van der Waals surface area contributed by atoms with E-state index in [4.69, 9.17) is 11.6 Å². The van der Waals surface area contributed by atoms with Crippen LogP contribution in [0.25, 0.3) is 0 Å². The van der Waals surface area contributed by atoms with Crippen molar-refractivity contribution < 1.29 is 0 Å². The van der Waals surface area contributed by atoms with Gasteiger partial charge in [0.25, 0.3) is 0 Å². The van der Waals surface area contributed by atoms with Crippen LogP contribution in [-0.4, -0.2) is 15.2 Å². The summed E-state index contributed by atoms with van der Waals surface area (Å²) in [4.78, 5) is 4.42. The van der Waals surface area contributed by atoms with Gasteiger partial charge in [-0.25, -0.2) is 0 Å². The minimum Gasteiger partial charge on any atom is -0.346 e. The van der Waals surface area contributed by atoms with Crippen LogP contribution in [0.4, 0.5) is 17.5 Å². The molecule has 0 saturated heterocycles. The molecule has 3 rings (SSSR count). The van der Waals surface area contributed by atoms with Gasteiger partial charge in [-0.15, -0.1) is 5.10 Å². The van der Waals surface area contributed by atoms with Crippen molar-refractivity contribution in [2.75, 3.05) is 10.6 Å². The van der Waals surface area contributed by atoms with Crippen molar-refractivity contribution in [2.24, 2.45) is 0 Å². The third-order valence-corrected chi connectivity index (χ3v) is 3.54. The fourth-order valence-corrected chi connectivity index (χ4v) is 2.35. The third-order valence-electron chi connectivity index (χ3n) is 3.30. The topological polar surface area (TPSA) is 62.7 Å². The zero-order chi connectivity index (χ0) is 16.1. The number of hydrogen-bond acceptors (Lipinski definition) is 5. The summed E-state index contributed by atoms with van der Waals surface area (Å²) in [7, 11) is 0. The predicted molar refractivity (Wildman–Crippen MR) is 93.0 cm³/mol. The van der Waals surface area contributed by atoms with E-state index in [1.807, 2.05) is 42.5 Å². The summed E-state index contributed by atoms with van der Waals surface area (Å²) in [5.74, 6) is 1.07. The quantitative estimate of drug-likeness (QED) is 0.726. The van der Waals surface area contributed by atoms with Crippen LogP contribution in [0.1, 0.15) is 18.5 Å². The Kier molecular flexibility index (Phi) is 4.68. The smallest absolute Gasteiger partial charge is 0.245 e. The first-order valence-electron chi connectivity index (χ1n) is 7.24. The molecule has 0 spiro atoms. The van der Waals surface area contributed by atoms with Crippen molar-refractivity contribution in [1.29, 1.82) is 0 Å². The van der Waals surface area contributed by atoms with Crippen molar-refractivity contribution in [3.63, 3.8) is 0 Å². The molecule has 1 aromatic heterocycles. The van der Waals surface area contributed by atoms with Crippen molar-refractivity contribution in [3.8, 4) is 0 Å². The van der Waals surface area contributed by atoms with Crippen molar-refractivity contribution in [3.05, 3.63) is 71.4 Å². The second-order valence-electron chi connectivity index (χ2n) is 5.08. The van der Waals surface area contributed by atoms with Gasteiger partial charge in [0.05, 0.1) is 12.2 Å². The van der Waals surface area contributed by atoms with E-state index in [2.05, 4.69) is 44.9 Å². The molecule has 6 heteroatoms. The van der Waals surface area contributed by atoms with Crippen molar-refractivity contribution >= 4 is 29.1 Å². The molecule has 0 radical (unpaired) electrons. The van der Waals surface area contributed by atoms with Gasteiger partial charge in [0.15, 0.2) is 5.82 Å². The first-order chi connectivity index (χ1) is 11.2. The minimum absolute atomic E-state index is 0.0828. The Hall–Kier alpha value is -2.66. The molecule has 116 valence electrons. The van der Waals surface area contributed by atoms with E-state index in [1.165, 1.54) is 0 Å². The van der Waals surface area contributed by atoms with Crippen LogP contribution in [0.5, 0.6) is 0 Å². The van der Waals surface area contributed by atoms with E-state index >= 15 is 0 Å². The van der Waals surface area contributed by atoms with E-state index in [9.17, 15) is 0 Å². The summed E-state index contributed by atoms with van der Waals surface area (Å²) >= 11 is 5.98. The van der Waals surface area contributed by atoms with E-state index < -0.39 is 0 Å². The summed E-state index contributed by atoms with van der Waals surface area (Å²) < 4.78 is 0. The van der Waals surface area contributed by atoms with Gasteiger partial charge in [-0.05, 0) is 30.7 Å². The number of rotatable bonds is 5. The molecule has 0 fully saturated rings. The third kappa shape index (κ3) is 4.17. The molecule has 23 heavy (non-hydrogen) atoms. The van der Waals surface area contributed by atoms with Crippen LogP contribution in [0.15, 0.2) is 60.8 Å². The van der Waals surface area contributed by atoms with Crippen LogP contribution < -0.4 is 10.6 Å². The van der Waals surface area contributed by atoms with Gasteiger partial charge in [0.1, 0.15) is 0 Å². The second-order valence-corrected chi connectivity index (χ2v) is 5.51. The number of halogens is 1. The highest BCUT2D eigenvalue weighted by Crippen LogP contribution is 2.20. The molecule has 2 aromatic carbocycles. The predicted octanol–water partition coefficient (Wildman–Crippen LogP) is 4.44. The lowest BCUT2D eigenvalue weighted by Gasteiger charge is -2.14. The van der Waals surface area contributed by atoms with Gasteiger partial charge in [-0.2, -0.15) is 10.1 Å². The van der Waals surface area contributed by atoms with Gasteiger partial charge < -0.3 is 10.6 Å². The lowest BCUT2D eigenvalue weighted by molar-refractivity contribution is 0.841. The van der Waals surface area contributed by atoms with Crippen LogP contribution in [0, 0.1) is 0 Å². The van der Waals surface area contributed by atoms with E-state index in [0.29, 0.717) is 16.8 Å². The van der Waals surface area contributed by atoms with Crippen LogP contribution >= 0.6 is 11.6 Å². The Balaban J connectivity index is 1.72. The van der Waals surface area contributed by atoms with Crippen molar-refractivity contribution in [1.82, 2.24) is 15.2 Å². The highest BCUT2D eigenvalue weighted by Gasteiger charge is 2.08. The van der Waals surface area contributed by atoms with E-state index in [0.717, 1.165) is 11.3 Å². The Bertz CT molecular complexity index is 779. The maximum atomic E-state index is 5.98. The van der Waals surface area contributed by atoms with E-state index in [1.54, 1.807) is 6.20 Å². The molecular weight excluding hydrogens is 310 g/mol. The highest BCUT2D eigenvalue weighted by atomic mass is 35.5. The normalized spacial score (nSPS) is 11.7. The molecule has 0 saturated carbocycles. The lowest BCUT2D eigenvalue weighted by atomic mass is 10.1. The number of nitrogens with zero attached hydrogens (tertiary/aromatic N) is 3. The number of nitrogens with one attached hydrogen (secondary N) is 2. The molecule has 2 N–H and O–H groups in total. The molecule has 1 unspecified atom stereocenters. The second kappa shape index (κ2) is 7.07. The Morgan fingerprint density at radius 2 is 1.87 bits per heavy atom. The lowest BCUT2D eigenvalue weighted by Crippen LogP contribution is -2.10. The largest absolute Gasteiger partial charge is 0.346 e. The number of hydrogen-bond donors (Lipinski definition) is 2. The maximum absolute atomic E-state index is 5.98. The summed E-state index contributed by atoms with van der Waals surface area (Å²) in [5, 5.41) is 15.1. The molecule has 0 bridgehead atoms. The van der Waals surface area contributed by atoms with Crippen LogP contribution in [0.2, 0.25) is 5.02 Å². The standard InChI is InChI=1S/C17H16ClN5/c1-12(13-6-3-2-4-7-13)20-17-22-16(11-19-23-17)21-15-9-5-8-14(18)10-15/h2-12H,1H3,(H2,20,21,22,23). The van der Waals surface area contributed by atoms with Gasteiger partial charge in [-0.3, -0.25) is 0 Å². The summed E-state index contributed by atoms with van der Waals surface area (Å²) in [5.41, 5.74) is 2.00. The van der Waals surface area contributed by atoms with Gasteiger partial charge in [0.2, 0.25) is 5.95 Å². The average molecular weight is 326 g/mol. The highest BCUT2D eigenvalue weighted by molar-refractivity contribution is 6.30. The molecule has 5 nitrogen and oxygen atoms in total. The Morgan fingerprint density at radius 3 is 2.65 bits per heavy atom. The number of aromatic nitrogens is 3. The van der Waals surface area contributed by atoms with Gasteiger partial charge >= 0.3 is 0 Å². The average Bonchev–Trinajstić information content (AvgIpc) is 2.56. The summed E-state index contributed by atoms with van der Waals surface area (Å²) in [6.07, 6.45) is 1.57. The maximum Gasteiger partial charge on any atom is 0.245 e. The Morgan fingerprint density at radius 1 is 1.04 bits per heavy atom. The fraction of sp³-hybridized carbons (Fsp3) is 0.118.